The summed E-state index contributed by atoms with van der Waals surface area (Å²) in [6.45, 7) is 0. The molecule has 26 heavy (non-hydrogen) atoms. The summed E-state index contributed by atoms with van der Waals surface area (Å²) in [7, 11) is 1.70. The molecule has 3 aromatic rings. The van der Waals surface area contributed by atoms with Crippen molar-refractivity contribution in [2.75, 3.05) is 7.11 Å². The zero-order valence-electron chi connectivity index (χ0n) is 14.9. The molecule has 0 atom stereocenters. The third-order valence-electron chi connectivity index (χ3n) is 4.85. The van der Waals surface area contributed by atoms with Crippen LogP contribution in [0.15, 0.2) is 52.2 Å². The molecule has 1 aliphatic carbocycles. The lowest BCUT2D eigenvalue weighted by Crippen LogP contribution is -2.15. The second kappa shape index (κ2) is 7.99. The van der Waals surface area contributed by atoms with Crippen molar-refractivity contribution in [2.45, 2.75) is 49.1 Å². The van der Waals surface area contributed by atoms with Crippen LogP contribution in [0.1, 0.15) is 43.7 Å². The Balaban J connectivity index is 1.60. The molecular weight excluding hydrogens is 346 g/mol. The molecule has 1 aliphatic rings. The monoisotopic (exact) mass is 369 g/mol. The summed E-state index contributed by atoms with van der Waals surface area (Å²) in [4.78, 5) is 0. The van der Waals surface area contributed by atoms with Crippen LogP contribution in [0.2, 0.25) is 0 Å². The van der Waals surface area contributed by atoms with Crippen LogP contribution in [0, 0.1) is 0 Å². The van der Waals surface area contributed by atoms with Crippen molar-refractivity contribution in [3.05, 3.63) is 48.2 Å². The van der Waals surface area contributed by atoms with E-state index in [1.54, 1.807) is 25.1 Å². The first kappa shape index (κ1) is 17.2. The minimum absolute atomic E-state index is 0.451. The van der Waals surface area contributed by atoms with Crippen LogP contribution in [0.5, 0.6) is 5.75 Å². The first-order chi connectivity index (χ1) is 12.8. The fourth-order valence-electron chi connectivity index (χ4n) is 3.53. The molecule has 1 fully saturated rings. The maximum absolute atomic E-state index is 5.61. The van der Waals surface area contributed by atoms with Crippen molar-refractivity contribution >= 4 is 11.8 Å². The molecule has 4 rings (SSSR count). The lowest BCUT2D eigenvalue weighted by molar-refractivity contribution is 0.337. The van der Waals surface area contributed by atoms with Gasteiger partial charge in [0.15, 0.2) is 10.9 Å². The number of methoxy groups -OCH3 is 1. The van der Waals surface area contributed by atoms with Crippen LogP contribution in [0.25, 0.3) is 11.6 Å². The van der Waals surface area contributed by atoms with E-state index in [0.29, 0.717) is 6.04 Å². The maximum atomic E-state index is 5.61. The first-order valence-electron chi connectivity index (χ1n) is 9.09. The second-order valence-corrected chi connectivity index (χ2v) is 7.53. The lowest BCUT2D eigenvalue weighted by Gasteiger charge is -2.25. The standard InChI is InChI=1S/C20H23N3O2S/c1-24-17-10-5-7-15(13-17)14-26-20-22-21-19(18-11-6-12-25-18)23(20)16-8-3-2-4-9-16/h5-7,10-13,16H,2-4,8-9,14H2,1H3. The molecule has 1 saturated carbocycles. The third kappa shape index (κ3) is 3.65. The molecule has 0 N–H and O–H groups in total. The minimum atomic E-state index is 0.451. The highest BCUT2D eigenvalue weighted by Crippen LogP contribution is 2.36. The molecule has 0 saturated heterocycles. The summed E-state index contributed by atoms with van der Waals surface area (Å²) in [5, 5.41) is 9.91. The van der Waals surface area contributed by atoms with Gasteiger partial charge in [-0.25, -0.2) is 0 Å². The lowest BCUT2D eigenvalue weighted by atomic mass is 9.95. The second-order valence-electron chi connectivity index (χ2n) is 6.59. The molecule has 2 aromatic heterocycles. The van der Waals surface area contributed by atoms with E-state index >= 15 is 0 Å². The van der Waals surface area contributed by atoms with Crippen LogP contribution in [0.4, 0.5) is 0 Å². The quantitative estimate of drug-likeness (QED) is 0.549. The maximum Gasteiger partial charge on any atom is 0.200 e. The Bertz CT molecular complexity index is 839. The van der Waals surface area contributed by atoms with Crippen molar-refractivity contribution in [3.8, 4) is 17.3 Å². The number of ether oxygens (including phenoxy) is 1. The molecular formula is C20H23N3O2S. The van der Waals surface area contributed by atoms with Gasteiger partial charge in [-0.1, -0.05) is 43.2 Å². The van der Waals surface area contributed by atoms with Gasteiger partial charge in [0.2, 0.25) is 5.82 Å². The Hall–Kier alpha value is -2.21. The number of furan rings is 1. The Labute approximate surface area is 157 Å². The van der Waals surface area contributed by atoms with Gasteiger partial charge in [-0.05, 0) is 42.7 Å². The highest BCUT2D eigenvalue weighted by Gasteiger charge is 2.24. The Morgan fingerprint density at radius 1 is 1.15 bits per heavy atom. The first-order valence-corrected chi connectivity index (χ1v) is 10.1. The predicted molar refractivity (Wildman–Crippen MR) is 102 cm³/mol. The summed E-state index contributed by atoms with van der Waals surface area (Å²) < 4.78 is 13.2. The van der Waals surface area contributed by atoms with Gasteiger partial charge >= 0.3 is 0 Å². The van der Waals surface area contributed by atoms with Gasteiger partial charge in [-0.3, -0.25) is 4.57 Å². The average Bonchev–Trinajstić information content (AvgIpc) is 3.36. The Morgan fingerprint density at radius 2 is 2.04 bits per heavy atom. The summed E-state index contributed by atoms with van der Waals surface area (Å²) in [5.41, 5.74) is 1.21. The predicted octanol–water partition coefficient (Wildman–Crippen LogP) is 5.34. The number of hydrogen-bond donors (Lipinski definition) is 0. The largest absolute Gasteiger partial charge is 0.497 e. The number of rotatable bonds is 6. The molecule has 6 heteroatoms. The van der Waals surface area contributed by atoms with Crippen molar-refractivity contribution in [1.82, 2.24) is 14.8 Å². The number of aromatic nitrogens is 3. The van der Waals surface area contributed by atoms with Crippen LogP contribution in [0.3, 0.4) is 0 Å². The molecule has 0 unspecified atom stereocenters. The van der Waals surface area contributed by atoms with Gasteiger partial charge in [-0.2, -0.15) is 0 Å². The van der Waals surface area contributed by atoms with Crippen LogP contribution in [-0.4, -0.2) is 21.9 Å². The zero-order chi connectivity index (χ0) is 17.8. The van der Waals surface area contributed by atoms with E-state index in [1.807, 2.05) is 24.3 Å². The molecule has 5 nitrogen and oxygen atoms in total. The molecule has 136 valence electrons. The van der Waals surface area contributed by atoms with Crippen molar-refractivity contribution < 1.29 is 9.15 Å². The van der Waals surface area contributed by atoms with Crippen LogP contribution in [-0.2, 0) is 5.75 Å². The van der Waals surface area contributed by atoms with E-state index in [2.05, 4.69) is 26.9 Å². The molecule has 0 spiro atoms. The topological polar surface area (TPSA) is 53.1 Å². The zero-order valence-corrected chi connectivity index (χ0v) is 15.7. The van der Waals surface area contributed by atoms with E-state index in [0.717, 1.165) is 28.2 Å². The highest BCUT2D eigenvalue weighted by molar-refractivity contribution is 7.98. The third-order valence-corrected chi connectivity index (χ3v) is 5.86. The summed E-state index contributed by atoms with van der Waals surface area (Å²) in [5.74, 6) is 3.35. The average molecular weight is 369 g/mol. The SMILES string of the molecule is COc1cccc(CSc2nnc(-c3ccco3)n2C2CCCCC2)c1. The summed E-state index contributed by atoms with van der Waals surface area (Å²) in [6.07, 6.45) is 7.90. The van der Waals surface area contributed by atoms with Gasteiger partial charge in [-0.15, -0.1) is 10.2 Å². The van der Waals surface area contributed by atoms with E-state index in [1.165, 1.54) is 37.7 Å². The Kier molecular flexibility index (Phi) is 5.29. The highest BCUT2D eigenvalue weighted by atomic mass is 32.2. The van der Waals surface area contributed by atoms with Gasteiger partial charge in [0.05, 0.1) is 13.4 Å². The van der Waals surface area contributed by atoms with Crippen LogP contribution < -0.4 is 4.74 Å². The number of hydrogen-bond acceptors (Lipinski definition) is 5. The van der Waals surface area contributed by atoms with Crippen molar-refractivity contribution in [3.63, 3.8) is 0 Å². The van der Waals surface area contributed by atoms with Gasteiger partial charge in [0.1, 0.15) is 5.75 Å². The fraction of sp³-hybridized carbons (Fsp3) is 0.400. The van der Waals surface area contributed by atoms with Gasteiger partial charge in [0.25, 0.3) is 0 Å². The fourth-order valence-corrected chi connectivity index (χ4v) is 4.48. The summed E-state index contributed by atoms with van der Waals surface area (Å²) in [6, 6.07) is 12.5. The molecule has 0 radical (unpaired) electrons. The number of nitrogens with zero attached hydrogens (tertiary/aromatic N) is 3. The van der Waals surface area contributed by atoms with Gasteiger partial charge in [0, 0.05) is 11.8 Å². The van der Waals surface area contributed by atoms with E-state index < -0.39 is 0 Å². The van der Waals surface area contributed by atoms with E-state index in [9.17, 15) is 0 Å². The molecule has 2 heterocycles. The molecule has 0 amide bonds. The van der Waals surface area contributed by atoms with E-state index in [4.69, 9.17) is 9.15 Å². The molecule has 0 bridgehead atoms. The van der Waals surface area contributed by atoms with E-state index in [-0.39, 0.29) is 0 Å². The Morgan fingerprint density at radius 3 is 2.81 bits per heavy atom. The molecule has 1 aromatic carbocycles. The molecule has 0 aliphatic heterocycles. The van der Waals surface area contributed by atoms with Gasteiger partial charge < -0.3 is 9.15 Å². The van der Waals surface area contributed by atoms with Crippen molar-refractivity contribution in [1.29, 1.82) is 0 Å². The van der Waals surface area contributed by atoms with Crippen LogP contribution >= 0.6 is 11.8 Å². The smallest absolute Gasteiger partial charge is 0.200 e. The summed E-state index contributed by atoms with van der Waals surface area (Å²) >= 11 is 1.72. The number of thioether (sulfide) groups is 1. The van der Waals surface area contributed by atoms with Crippen molar-refractivity contribution in [2.24, 2.45) is 0 Å². The number of benzene rings is 1. The normalized spacial score (nSPS) is 15.3. The minimum Gasteiger partial charge on any atom is -0.497 e.